The van der Waals surface area contributed by atoms with Crippen LogP contribution < -0.4 is 0 Å². The molecule has 90 valence electrons. The van der Waals surface area contributed by atoms with Gasteiger partial charge in [-0.25, -0.2) is 10.0 Å². The zero-order valence-corrected chi connectivity index (χ0v) is 10.2. The van der Waals surface area contributed by atoms with Crippen molar-refractivity contribution >= 4 is 0 Å². The average molecular weight is 228 g/mol. The quantitative estimate of drug-likeness (QED) is 0.623. The molecule has 10 unspecified atom stereocenters. The SMILES string of the molecule is C1CCC2C(C1)C1C3C4CC5C3C2N2C5C4N12. The van der Waals surface area contributed by atoms with Crippen molar-refractivity contribution in [3.8, 4) is 0 Å². The van der Waals surface area contributed by atoms with E-state index in [0.717, 1.165) is 47.8 Å². The van der Waals surface area contributed by atoms with Gasteiger partial charge in [-0.2, -0.15) is 0 Å². The number of nitrogens with zero attached hydrogens (tertiary/aromatic N) is 2. The molecule has 10 atom stereocenters. The molecule has 0 aromatic heterocycles. The van der Waals surface area contributed by atoms with Gasteiger partial charge in [0.15, 0.2) is 0 Å². The van der Waals surface area contributed by atoms with Gasteiger partial charge in [-0.1, -0.05) is 12.8 Å². The Hall–Kier alpha value is -0.0800. The highest BCUT2D eigenvalue weighted by Crippen LogP contribution is 2.78. The lowest BCUT2D eigenvalue weighted by Crippen LogP contribution is -2.77. The van der Waals surface area contributed by atoms with Crippen molar-refractivity contribution in [1.29, 1.82) is 0 Å². The first-order valence-corrected chi connectivity index (χ1v) is 8.03. The molecule has 0 N–H and O–H groups in total. The smallest absolute Gasteiger partial charge is 0.0453 e. The molecule has 4 aliphatic heterocycles. The molecule has 4 heterocycles. The van der Waals surface area contributed by atoms with Crippen molar-refractivity contribution in [2.45, 2.75) is 56.3 Å². The van der Waals surface area contributed by atoms with E-state index in [1.165, 1.54) is 24.7 Å². The molecule has 17 heavy (non-hydrogen) atoms. The molecule has 8 fully saturated rings. The Balaban J connectivity index is 1.51. The topological polar surface area (TPSA) is 6.48 Å². The maximum Gasteiger partial charge on any atom is 0.0453 e. The van der Waals surface area contributed by atoms with Gasteiger partial charge in [0.25, 0.3) is 0 Å². The fourth-order valence-corrected chi connectivity index (χ4v) is 8.40. The standard InChI is InChI=1S/C15H20N2/c1-2-4-7-6(3-1)12-10-8-5-9-11(10)13(7)17-15(9)14(8)16(12)17/h6-15H,1-5H2. The van der Waals surface area contributed by atoms with Crippen LogP contribution in [0.3, 0.4) is 0 Å². The van der Waals surface area contributed by atoms with Crippen LogP contribution >= 0.6 is 0 Å². The monoisotopic (exact) mass is 228 g/mol. The van der Waals surface area contributed by atoms with Crippen molar-refractivity contribution in [1.82, 2.24) is 10.0 Å². The second kappa shape index (κ2) is 2.12. The minimum absolute atomic E-state index is 1.04. The van der Waals surface area contributed by atoms with Crippen LogP contribution in [0.4, 0.5) is 0 Å². The Kier molecular flexibility index (Phi) is 1.02. The molecule has 4 bridgehead atoms. The van der Waals surface area contributed by atoms with Crippen LogP contribution in [0.15, 0.2) is 0 Å². The van der Waals surface area contributed by atoms with Crippen LogP contribution in [0, 0.1) is 35.5 Å². The molecule has 8 rings (SSSR count). The minimum atomic E-state index is 1.04. The van der Waals surface area contributed by atoms with Crippen LogP contribution in [-0.2, 0) is 0 Å². The third-order valence-corrected chi connectivity index (χ3v) is 8.23. The van der Waals surface area contributed by atoms with Crippen LogP contribution in [0.25, 0.3) is 0 Å². The van der Waals surface area contributed by atoms with Crippen LogP contribution in [-0.4, -0.2) is 34.2 Å². The van der Waals surface area contributed by atoms with Crippen LogP contribution in [0.1, 0.15) is 32.1 Å². The lowest BCUT2D eigenvalue weighted by Gasteiger charge is -2.66. The molecule has 2 nitrogen and oxygen atoms in total. The molecule has 4 saturated carbocycles. The van der Waals surface area contributed by atoms with E-state index in [4.69, 9.17) is 0 Å². The summed E-state index contributed by atoms with van der Waals surface area (Å²) in [6.07, 6.45) is 7.86. The second-order valence-corrected chi connectivity index (χ2v) is 8.05. The van der Waals surface area contributed by atoms with E-state index >= 15 is 0 Å². The zero-order chi connectivity index (χ0) is 10.5. The molecule has 0 spiro atoms. The van der Waals surface area contributed by atoms with Crippen LogP contribution in [0.2, 0.25) is 0 Å². The first-order chi connectivity index (χ1) is 8.47. The van der Waals surface area contributed by atoms with E-state index < -0.39 is 0 Å². The van der Waals surface area contributed by atoms with Crippen molar-refractivity contribution in [3.05, 3.63) is 0 Å². The van der Waals surface area contributed by atoms with E-state index in [0.29, 0.717) is 0 Å². The maximum atomic E-state index is 2.95. The van der Waals surface area contributed by atoms with Gasteiger partial charge in [0, 0.05) is 24.2 Å². The third kappa shape index (κ3) is 0.550. The molecule has 0 aromatic rings. The Bertz CT molecular complexity index is 404. The molecule has 0 radical (unpaired) electrons. The summed E-state index contributed by atoms with van der Waals surface area (Å²) in [5.74, 6) is 6.90. The molecule has 0 aromatic carbocycles. The maximum absolute atomic E-state index is 2.95. The molecule has 8 aliphatic rings. The van der Waals surface area contributed by atoms with Crippen molar-refractivity contribution in [2.24, 2.45) is 35.5 Å². The summed E-state index contributed by atoms with van der Waals surface area (Å²) in [6.45, 7) is 0. The summed E-state index contributed by atoms with van der Waals surface area (Å²) in [7, 11) is 0. The summed E-state index contributed by atoms with van der Waals surface area (Å²) in [5, 5.41) is 5.89. The highest BCUT2D eigenvalue weighted by atomic mass is 15.8. The lowest BCUT2D eigenvalue weighted by atomic mass is 9.57. The highest BCUT2D eigenvalue weighted by molar-refractivity contribution is 5.35. The Morgan fingerprint density at radius 1 is 0.588 bits per heavy atom. The molecule has 4 aliphatic carbocycles. The molecule has 4 saturated heterocycles. The van der Waals surface area contributed by atoms with Gasteiger partial charge in [0.2, 0.25) is 0 Å². The van der Waals surface area contributed by atoms with Gasteiger partial charge in [-0.05, 0) is 54.8 Å². The molecular weight excluding hydrogens is 208 g/mol. The lowest BCUT2D eigenvalue weighted by molar-refractivity contribution is -0.280. The van der Waals surface area contributed by atoms with E-state index in [1.807, 2.05) is 0 Å². The first kappa shape index (κ1) is 8.16. The summed E-state index contributed by atoms with van der Waals surface area (Å²) < 4.78 is 0. The largest absolute Gasteiger partial charge is 0.233 e. The predicted molar refractivity (Wildman–Crippen MR) is 62.9 cm³/mol. The van der Waals surface area contributed by atoms with Gasteiger partial charge in [-0.3, -0.25) is 0 Å². The fraction of sp³-hybridized carbons (Fsp3) is 1.00. The second-order valence-electron chi connectivity index (χ2n) is 8.05. The summed E-state index contributed by atoms with van der Waals surface area (Å²) in [4.78, 5) is 0. The van der Waals surface area contributed by atoms with Crippen molar-refractivity contribution in [2.75, 3.05) is 0 Å². The van der Waals surface area contributed by atoms with E-state index in [2.05, 4.69) is 10.0 Å². The van der Waals surface area contributed by atoms with Gasteiger partial charge in [-0.15, -0.1) is 0 Å². The van der Waals surface area contributed by atoms with E-state index in [9.17, 15) is 0 Å². The van der Waals surface area contributed by atoms with Gasteiger partial charge in [0.05, 0.1) is 0 Å². The zero-order valence-electron chi connectivity index (χ0n) is 10.2. The third-order valence-electron chi connectivity index (χ3n) is 8.23. The number of hydrogen-bond acceptors (Lipinski definition) is 2. The summed E-state index contributed by atoms with van der Waals surface area (Å²) in [5.41, 5.74) is 0. The summed E-state index contributed by atoms with van der Waals surface area (Å²) in [6, 6.07) is 4.18. The highest BCUT2D eigenvalue weighted by Gasteiger charge is 2.86. The average Bonchev–Trinajstić information content (AvgIpc) is 2.90. The van der Waals surface area contributed by atoms with Gasteiger partial charge >= 0.3 is 0 Å². The number of hydrazine groups is 1. The Morgan fingerprint density at radius 2 is 1.12 bits per heavy atom. The number of rotatable bonds is 0. The minimum Gasteiger partial charge on any atom is -0.233 e. The number of hydrogen-bond donors (Lipinski definition) is 0. The van der Waals surface area contributed by atoms with E-state index in [1.54, 1.807) is 19.3 Å². The van der Waals surface area contributed by atoms with Crippen LogP contribution in [0.5, 0.6) is 0 Å². The van der Waals surface area contributed by atoms with Gasteiger partial charge in [0.1, 0.15) is 0 Å². The molecule has 0 amide bonds. The van der Waals surface area contributed by atoms with Crippen molar-refractivity contribution < 1.29 is 0 Å². The Labute approximate surface area is 102 Å². The Morgan fingerprint density at radius 3 is 1.65 bits per heavy atom. The molecular formula is C15H20N2. The molecule has 2 heteroatoms. The summed E-state index contributed by atoms with van der Waals surface area (Å²) >= 11 is 0. The van der Waals surface area contributed by atoms with Gasteiger partial charge < -0.3 is 0 Å². The van der Waals surface area contributed by atoms with Crippen molar-refractivity contribution in [3.63, 3.8) is 0 Å². The first-order valence-electron chi connectivity index (χ1n) is 8.03. The normalized spacial score (nSPS) is 76.9. The fourth-order valence-electron chi connectivity index (χ4n) is 8.40. The van der Waals surface area contributed by atoms with E-state index in [-0.39, 0.29) is 0 Å². The predicted octanol–water partition coefficient (Wildman–Crippen LogP) is 1.72.